The number of hydrogen-bond acceptors (Lipinski definition) is 4. The molecule has 0 bridgehead atoms. The van der Waals surface area contributed by atoms with E-state index < -0.39 is 0 Å². The third-order valence-electron chi connectivity index (χ3n) is 4.14. The van der Waals surface area contributed by atoms with E-state index in [-0.39, 0.29) is 5.91 Å². The van der Waals surface area contributed by atoms with E-state index in [9.17, 15) is 4.79 Å². The van der Waals surface area contributed by atoms with Crippen LogP contribution in [0.1, 0.15) is 25.3 Å². The maximum atomic E-state index is 12.1. The molecule has 6 heteroatoms. The number of carbonyl (C=O) groups excluding carboxylic acids is 1. The van der Waals surface area contributed by atoms with Crippen LogP contribution in [-0.4, -0.2) is 33.0 Å². The summed E-state index contributed by atoms with van der Waals surface area (Å²) in [5.74, 6) is 1.12. The molecule has 0 saturated carbocycles. The molecule has 3 rings (SSSR count). The second-order valence-electron chi connectivity index (χ2n) is 6.34. The van der Waals surface area contributed by atoms with E-state index in [2.05, 4.69) is 41.5 Å². The number of aryl methyl sites for hydroxylation is 1. The van der Waals surface area contributed by atoms with Gasteiger partial charge in [-0.05, 0) is 25.5 Å². The molecule has 2 aromatic carbocycles. The number of hydrogen-bond donors (Lipinski definition) is 1. The Labute approximate surface area is 164 Å². The van der Waals surface area contributed by atoms with Crippen LogP contribution in [0.2, 0.25) is 0 Å². The van der Waals surface area contributed by atoms with Gasteiger partial charge in [0.05, 0.1) is 5.75 Å². The van der Waals surface area contributed by atoms with Crippen molar-refractivity contribution in [1.29, 1.82) is 0 Å². The van der Waals surface area contributed by atoms with Crippen molar-refractivity contribution in [3.63, 3.8) is 0 Å². The van der Waals surface area contributed by atoms with Crippen molar-refractivity contribution in [1.82, 2.24) is 20.1 Å². The van der Waals surface area contributed by atoms with Crippen LogP contribution in [0.4, 0.5) is 0 Å². The molecule has 0 fully saturated rings. The first kappa shape index (κ1) is 19.2. The van der Waals surface area contributed by atoms with E-state index >= 15 is 0 Å². The van der Waals surface area contributed by atoms with Gasteiger partial charge in [-0.2, -0.15) is 0 Å². The lowest BCUT2D eigenvalue weighted by atomic mass is 10.1. The topological polar surface area (TPSA) is 59.8 Å². The van der Waals surface area contributed by atoms with Crippen molar-refractivity contribution in [3.8, 4) is 17.1 Å². The van der Waals surface area contributed by atoms with Gasteiger partial charge >= 0.3 is 0 Å². The quantitative estimate of drug-likeness (QED) is 0.469. The molecule has 0 radical (unpaired) electrons. The molecule has 0 unspecified atom stereocenters. The summed E-state index contributed by atoms with van der Waals surface area (Å²) < 4.78 is 2.01. The number of amides is 1. The van der Waals surface area contributed by atoms with Gasteiger partial charge in [-0.25, -0.2) is 0 Å². The first-order valence-electron chi connectivity index (χ1n) is 9.16. The monoisotopic (exact) mass is 380 g/mol. The van der Waals surface area contributed by atoms with Crippen molar-refractivity contribution in [2.75, 3.05) is 12.3 Å². The maximum Gasteiger partial charge on any atom is 0.230 e. The highest BCUT2D eigenvalue weighted by Crippen LogP contribution is 2.28. The number of nitrogens with one attached hydrogen (secondary N) is 1. The van der Waals surface area contributed by atoms with Crippen LogP contribution in [0, 0.1) is 6.92 Å². The first-order chi connectivity index (χ1) is 13.2. The zero-order valence-electron chi connectivity index (χ0n) is 15.7. The van der Waals surface area contributed by atoms with Crippen molar-refractivity contribution in [2.24, 2.45) is 0 Å². The zero-order valence-corrected chi connectivity index (χ0v) is 16.5. The average Bonchev–Trinajstić information content (AvgIpc) is 3.12. The predicted molar refractivity (Wildman–Crippen MR) is 110 cm³/mol. The van der Waals surface area contributed by atoms with E-state index in [0.29, 0.717) is 10.9 Å². The normalized spacial score (nSPS) is 10.7. The Hall–Kier alpha value is -2.60. The van der Waals surface area contributed by atoms with Crippen LogP contribution < -0.4 is 5.32 Å². The highest BCUT2D eigenvalue weighted by atomic mass is 32.2. The Morgan fingerprint density at radius 3 is 2.52 bits per heavy atom. The fourth-order valence-electron chi connectivity index (χ4n) is 2.65. The zero-order chi connectivity index (χ0) is 19.1. The maximum absolute atomic E-state index is 12.1. The number of rotatable bonds is 8. The molecule has 3 aromatic rings. The molecule has 1 N–H and O–H groups in total. The van der Waals surface area contributed by atoms with E-state index in [1.807, 2.05) is 47.0 Å². The lowest BCUT2D eigenvalue weighted by molar-refractivity contribution is -0.118. The molecule has 27 heavy (non-hydrogen) atoms. The van der Waals surface area contributed by atoms with E-state index in [0.717, 1.165) is 36.5 Å². The Kier molecular flexibility index (Phi) is 6.65. The SMILES string of the molecule is CCCCNC(=O)CSc1nnc(-c2ccc(C)cc2)n1-c1ccccc1. The number of carbonyl (C=O) groups is 1. The molecule has 0 aliphatic heterocycles. The van der Waals surface area contributed by atoms with Gasteiger partial charge in [0.1, 0.15) is 0 Å². The van der Waals surface area contributed by atoms with Gasteiger partial charge in [0, 0.05) is 17.8 Å². The Balaban J connectivity index is 1.86. The molecular weight excluding hydrogens is 356 g/mol. The molecule has 140 valence electrons. The molecule has 0 saturated heterocycles. The van der Waals surface area contributed by atoms with Crippen molar-refractivity contribution in [2.45, 2.75) is 31.8 Å². The summed E-state index contributed by atoms with van der Waals surface area (Å²) >= 11 is 1.40. The van der Waals surface area contributed by atoms with Gasteiger partial charge in [0.15, 0.2) is 11.0 Å². The van der Waals surface area contributed by atoms with Gasteiger partial charge in [0.2, 0.25) is 5.91 Å². The standard InChI is InChI=1S/C21H24N4OS/c1-3-4-14-22-19(26)15-27-21-24-23-20(17-12-10-16(2)11-13-17)25(21)18-8-6-5-7-9-18/h5-13H,3-4,14-15H2,1-2H3,(H,22,26). The fourth-order valence-corrected chi connectivity index (χ4v) is 3.43. The van der Waals surface area contributed by atoms with Crippen molar-refractivity contribution >= 4 is 17.7 Å². The molecule has 0 aliphatic rings. The summed E-state index contributed by atoms with van der Waals surface area (Å²) in [6, 6.07) is 18.2. The Bertz CT molecular complexity index is 875. The number of unbranched alkanes of at least 4 members (excludes halogenated alkanes) is 1. The summed E-state index contributed by atoms with van der Waals surface area (Å²) in [5.41, 5.74) is 3.17. The number of nitrogens with zero attached hydrogens (tertiary/aromatic N) is 3. The lowest BCUT2D eigenvalue weighted by Crippen LogP contribution is -2.26. The highest BCUT2D eigenvalue weighted by molar-refractivity contribution is 7.99. The summed E-state index contributed by atoms with van der Waals surface area (Å²) in [7, 11) is 0. The Morgan fingerprint density at radius 1 is 1.07 bits per heavy atom. The molecule has 0 atom stereocenters. The van der Waals surface area contributed by atoms with E-state index in [1.165, 1.54) is 17.3 Å². The summed E-state index contributed by atoms with van der Waals surface area (Å²) in [4.78, 5) is 12.1. The van der Waals surface area contributed by atoms with Crippen LogP contribution in [0.5, 0.6) is 0 Å². The second kappa shape index (κ2) is 9.37. The van der Waals surface area contributed by atoms with Gasteiger partial charge in [-0.1, -0.05) is 73.1 Å². The van der Waals surface area contributed by atoms with Gasteiger partial charge in [-0.15, -0.1) is 10.2 Å². The fraction of sp³-hybridized carbons (Fsp3) is 0.286. The van der Waals surface area contributed by atoms with Gasteiger partial charge in [0.25, 0.3) is 0 Å². The summed E-state index contributed by atoms with van der Waals surface area (Å²) in [6.07, 6.45) is 2.06. The molecule has 0 spiro atoms. The largest absolute Gasteiger partial charge is 0.355 e. The number of benzene rings is 2. The molecular formula is C21H24N4OS. The summed E-state index contributed by atoms with van der Waals surface area (Å²) in [6.45, 7) is 4.88. The van der Waals surface area contributed by atoms with Gasteiger partial charge in [-0.3, -0.25) is 9.36 Å². The molecule has 5 nitrogen and oxygen atoms in total. The molecule has 1 heterocycles. The van der Waals surface area contributed by atoms with E-state index in [1.54, 1.807) is 0 Å². The number of aromatic nitrogens is 3. The molecule has 1 amide bonds. The predicted octanol–water partition coefficient (Wildman–Crippen LogP) is 4.25. The van der Waals surface area contributed by atoms with Crippen molar-refractivity contribution < 1.29 is 4.79 Å². The minimum absolute atomic E-state index is 0.0212. The van der Waals surface area contributed by atoms with Crippen LogP contribution in [-0.2, 0) is 4.79 Å². The second-order valence-corrected chi connectivity index (χ2v) is 7.28. The van der Waals surface area contributed by atoms with Crippen LogP contribution in [0.3, 0.4) is 0 Å². The smallest absolute Gasteiger partial charge is 0.230 e. The van der Waals surface area contributed by atoms with Crippen LogP contribution in [0.15, 0.2) is 59.8 Å². The minimum atomic E-state index is 0.0212. The number of para-hydroxylation sites is 1. The molecule has 0 aliphatic carbocycles. The average molecular weight is 381 g/mol. The van der Waals surface area contributed by atoms with Gasteiger partial charge < -0.3 is 5.32 Å². The number of thioether (sulfide) groups is 1. The van der Waals surface area contributed by atoms with Crippen molar-refractivity contribution in [3.05, 3.63) is 60.2 Å². The van der Waals surface area contributed by atoms with E-state index in [4.69, 9.17) is 0 Å². The van der Waals surface area contributed by atoms with Crippen LogP contribution >= 0.6 is 11.8 Å². The molecule has 1 aromatic heterocycles. The summed E-state index contributed by atoms with van der Waals surface area (Å²) in [5, 5.41) is 12.4. The van der Waals surface area contributed by atoms with Crippen LogP contribution in [0.25, 0.3) is 17.1 Å². The Morgan fingerprint density at radius 2 is 1.81 bits per heavy atom. The third kappa shape index (κ3) is 4.98. The lowest BCUT2D eigenvalue weighted by Gasteiger charge is -2.10. The highest BCUT2D eigenvalue weighted by Gasteiger charge is 2.17. The first-order valence-corrected chi connectivity index (χ1v) is 10.1. The minimum Gasteiger partial charge on any atom is -0.355 e. The third-order valence-corrected chi connectivity index (χ3v) is 5.07.